The Hall–Kier alpha value is -2.47. The van der Waals surface area contributed by atoms with E-state index in [1.54, 1.807) is 43.3 Å². The van der Waals surface area contributed by atoms with Gasteiger partial charge in [0.05, 0.1) is 0 Å². The molecule has 26 heavy (non-hydrogen) atoms. The Morgan fingerprint density at radius 2 is 1.50 bits per heavy atom. The molecule has 0 aliphatic rings. The van der Waals surface area contributed by atoms with Crippen molar-refractivity contribution >= 4 is 33.5 Å². The lowest BCUT2D eigenvalue weighted by molar-refractivity contribution is -0.130. The van der Waals surface area contributed by atoms with Crippen molar-refractivity contribution in [2.45, 2.75) is 19.4 Å². The third-order valence-corrected chi connectivity index (χ3v) is 4.55. The molecule has 5 nitrogen and oxygen atoms in total. The molecule has 0 saturated heterocycles. The van der Waals surface area contributed by atoms with Gasteiger partial charge in [0.25, 0.3) is 5.91 Å². The molecule has 0 aliphatic carbocycles. The van der Waals surface area contributed by atoms with Crippen LogP contribution in [0.4, 0.5) is 0 Å². The van der Waals surface area contributed by atoms with Crippen molar-refractivity contribution in [3.8, 4) is 0 Å². The van der Waals surface area contributed by atoms with E-state index < -0.39 is 0 Å². The highest BCUT2D eigenvalue weighted by Crippen LogP contribution is 2.13. The zero-order chi connectivity index (χ0) is 19.1. The number of ketones is 1. The predicted octanol–water partition coefficient (Wildman–Crippen LogP) is 3.43. The van der Waals surface area contributed by atoms with Gasteiger partial charge >= 0.3 is 0 Å². The number of carbonyl (C=O) groups excluding carboxylic acids is 3. The van der Waals surface area contributed by atoms with Crippen LogP contribution in [-0.2, 0) is 11.3 Å². The van der Waals surface area contributed by atoms with Gasteiger partial charge < -0.3 is 10.2 Å². The minimum Gasteiger partial charge on any atom is -0.355 e. The van der Waals surface area contributed by atoms with Crippen LogP contribution in [-0.4, -0.2) is 36.6 Å². The largest absolute Gasteiger partial charge is 0.355 e. The summed E-state index contributed by atoms with van der Waals surface area (Å²) in [6.45, 7) is 0.430. The van der Waals surface area contributed by atoms with E-state index in [1.807, 2.05) is 24.3 Å². The minimum atomic E-state index is -0.146. The highest BCUT2D eigenvalue weighted by Gasteiger charge is 2.13. The molecule has 2 amide bonds. The maximum absolute atomic E-state index is 12.3. The first kappa shape index (κ1) is 19.8. The summed E-state index contributed by atoms with van der Waals surface area (Å²) in [4.78, 5) is 37.5. The molecule has 2 aromatic carbocycles. The Labute approximate surface area is 161 Å². The molecule has 1 N–H and O–H groups in total. The average Bonchev–Trinajstić information content (AvgIpc) is 2.66. The van der Waals surface area contributed by atoms with Gasteiger partial charge in [-0.05, 0) is 29.8 Å². The second-order valence-electron chi connectivity index (χ2n) is 5.96. The van der Waals surface area contributed by atoms with Crippen molar-refractivity contribution in [1.29, 1.82) is 0 Å². The van der Waals surface area contributed by atoms with Crippen LogP contribution in [0.15, 0.2) is 53.0 Å². The summed E-state index contributed by atoms with van der Waals surface area (Å²) in [5.74, 6) is -0.285. The lowest BCUT2D eigenvalue weighted by Crippen LogP contribution is -2.26. The topological polar surface area (TPSA) is 66.5 Å². The summed E-state index contributed by atoms with van der Waals surface area (Å²) >= 11 is 3.33. The van der Waals surface area contributed by atoms with Gasteiger partial charge in [0, 0.05) is 49.1 Å². The van der Waals surface area contributed by atoms with Gasteiger partial charge in [-0.25, -0.2) is 0 Å². The molecule has 2 rings (SSSR count). The fourth-order valence-corrected chi connectivity index (χ4v) is 2.72. The summed E-state index contributed by atoms with van der Waals surface area (Å²) in [7, 11) is 3.29. The number of carbonyl (C=O) groups is 3. The first-order valence-corrected chi connectivity index (χ1v) is 9.03. The van der Waals surface area contributed by atoms with E-state index in [4.69, 9.17) is 0 Å². The highest BCUT2D eigenvalue weighted by atomic mass is 79.9. The minimum absolute atomic E-state index is 0.0471. The molecule has 0 saturated carbocycles. The van der Waals surface area contributed by atoms with E-state index in [1.165, 1.54) is 0 Å². The Balaban J connectivity index is 1.86. The molecule has 0 fully saturated rings. The normalized spacial score (nSPS) is 10.3. The van der Waals surface area contributed by atoms with E-state index >= 15 is 0 Å². The highest BCUT2D eigenvalue weighted by molar-refractivity contribution is 9.10. The second kappa shape index (κ2) is 9.29. The molecule has 0 unspecified atom stereocenters. The second-order valence-corrected chi connectivity index (χ2v) is 6.87. The van der Waals surface area contributed by atoms with Crippen LogP contribution in [0.5, 0.6) is 0 Å². The number of hydrogen-bond donors (Lipinski definition) is 1. The first-order valence-electron chi connectivity index (χ1n) is 8.24. The molecule has 0 atom stereocenters. The number of nitrogens with zero attached hydrogens (tertiary/aromatic N) is 1. The van der Waals surface area contributed by atoms with Gasteiger partial charge in [0.15, 0.2) is 5.78 Å². The van der Waals surface area contributed by atoms with E-state index in [9.17, 15) is 14.4 Å². The maximum atomic E-state index is 12.3. The zero-order valence-corrected chi connectivity index (χ0v) is 16.4. The SMILES string of the molecule is CNC(=O)c1ccc(CN(C)C(=O)CCC(=O)c2ccc(Br)cc2)cc1. The quantitative estimate of drug-likeness (QED) is 0.702. The third-order valence-electron chi connectivity index (χ3n) is 4.02. The number of rotatable bonds is 7. The van der Waals surface area contributed by atoms with Crippen molar-refractivity contribution in [1.82, 2.24) is 10.2 Å². The Kier molecular flexibility index (Phi) is 7.09. The van der Waals surface area contributed by atoms with E-state index in [0.29, 0.717) is 17.7 Å². The van der Waals surface area contributed by atoms with Crippen LogP contribution in [0.2, 0.25) is 0 Å². The molecule has 0 heterocycles. The fourth-order valence-electron chi connectivity index (χ4n) is 2.46. The summed E-state index contributed by atoms with van der Waals surface area (Å²) in [5, 5.41) is 2.57. The number of amides is 2. The molecule has 6 heteroatoms. The molecule has 0 aliphatic heterocycles. The van der Waals surface area contributed by atoms with Gasteiger partial charge in [-0.3, -0.25) is 14.4 Å². The molecule has 0 spiro atoms. The van der Waals surface area contributed by atoms with Crippen LogP contribution in [0, 0.1) is 0 Å². The van der Waals surface area contributed by atoms with Crippen molar-refractivity contribution in [2.75, 3.05) is 14.1 Å². The molecule has 0 aromatic heterocycles. The van der Waals surface area contributed by atoms with Gasteiger partial charge in [-0.2, -0.15) is 0 Å². The van der Waals surface area contributed by atoms with E-state index in [-0.39, 0.29) is 30.4 Å². The van der Waals surface area contributed by atoms with Crippen LogP contribution < -0.4 is 5.32 Å². The third kappa shape index (κ3) is 5.52. The van der Waals surface area contributed by atoms with Crippen molar-refractivity contribution in [3.05, 3.63) is 69.7 Å². The fraction of sp³-hybridized carbons (Fsp3) is 0.250. The number of benzene rings is 2. The molecular weight excluding hydrogens is 396 g/mol. The van der Waals surface area contributed by atoms with Gasteiger partial charge in [0.1, 0.15) is 0 Å². The van der Waals surface area contributed by atoms with Crippen molar-refractivity contribution in [3.63, 3.8) is 0 Å². The zero-order valence-electron chi connectivity index (χ0n) is 14.8. The number of hydrogen-bond acceptors (Lipinski definition) is 3. The smallest absolute Gasteiger partial charge is 0.251 e. The van der Waals surface area contributed by atoms with Crippen LogP contribution in [0.1, 0.15) is 39.1 Å². The standard InChI is InChI=1S/C20H21BrN2O3/c1-22-20(26)16-5-3-14(4-6-16)13-23(2)19(25)12-11-18(24)15-7-9-17(21)10-8-15/h3-10H,11-13H2,1-2H3,(H,22,26). The van der Waals surface area contributed by atoms with Crippen LogP contribution in [0.3, 0.4) is 0 Å². The summed E-state index contributed by atoms with van der Waals surface area (Å²) < 4.78 is 0.910. The number of nitrogens with one attached hydrogen (secondary N) is 1. The number of halogens is 1. The van der Waals surface area contributed by atoms with Crippen LogP contribution >= 0.6 is 15.9 Å². The maximum Gasteiger partial charge on any atom is 0.251 e. The summed E-state index contributed by atoms with van der Waals surface area (Å²) in [5.41, 5.74) is 2.10. The average molecular weight is 417 g/mol. The molecular formula is C20H21BrN2O3. The number of Topliss-reactive ketones (excluding diaryl/α,β-unsaturated/α-hetero) is 1. The lowest BCUT2D eigenvalue weighted by atomic mass is 10.1. The van der Waals surface area contributed by atoms with Crippen LogP contribution in [0.25, 0.3) is 0 Å². The van der Waals surface area contributed by atoms with Gasteiger partial charge in [-0.1, -0.05) is 40.2 Å². The molecule has 136 valence electrons. The molecule has 0 radical (unpaired) electrons. The van der Waals surface area contributed by atoms with E-state index in [2.05, 4.69) is 21.2 Å². The summed E-state index contributed by atoms with van der Waals surface area (Å²) in [6, 6.07) is 14.2. The van der Waals surface area contributed by atoms with Crippen molar-refractivity contribution < 1.29 is 14.4 Å². The molecule has 2 aromatic rings. The van der Waals surface area contributed by atoms with Gasteiger partial charge in [-0.15, -0.1) is 0 Å². The Bertz CT molecular complexity index is 786. The molecule has 0 bridgehead atoms. The first-order chi connectivity index (χ1) is 12.4. The monoisotopic (exact) mass is 416 g/mol. The van der Waals surface area contributed by atoms with E-state index in [0.717, 1.165) is 10.0 Å². The predicted molar refractivity (Wildman–Crippen MR) is 104 cm³/mol. The Morgan fingerprint density at radius 1 is 0.923 bits per heavy atom. The lowest BCUT2D eigenvalue weighted by Gasteiger charge is -2.17. The van der Waals surface area contributed by atoms with Crippen molar-refractivity contribution in [2.24, 2.45) is 0 Å². The van der Waals surface area contributed by atoms with Gasteiger partial charge in [0.2, 0.25) is 5.91 Å². The Morgan fingerprint density at radius 3 is 2.08 bits per heavy atom. The summed E-state index contributed by atoms with van der Waals surface area (Å²) in [6.07, 6.45) is 0.349.